The van der Waals surface area contributed by atoms with Crippen LogP contribution in [0.3, 0.4) is 0 Å². The predicted molar refractivity (Wildman–Crippen MR) is 111 cm³/mol. The van der Waals surface area contributed by atoms with Crippen LogP contribution in [0.4, 0.5) is 19.1 Å². The molecule has 168 valence electrons. The molecule has 0 unspecified atom stereocenters. The van der Waals surface area contributed by atoms with Gasteiger partial charge in [0.15, 0.2) is 0 Å². The fourth-order valence-electron chi connectivity index (χ4n) is 4.23. The van der Waals surface area contributed by atoms with E-state index in [1.54, 1.807) is 17.8 Å². The number of ether oxygens (including phenoxy) is 2. The van der Waals surface area contributed by atoms with Crippen molar-refractivity contribution in [2.45, 2.75) is 44.2 Å². The molecule has 2 N–H and O–H groups in total. The Labute approximate surface area is 180 Å². The van der Waals surface area contributed by atoms with Gasteiger partial charge in [0.25, 0.3) is 0 Å². The molecule has 0 atom stereocenters. The molecule has 4 heterocycles. The molecule has 11 heteroatoms. The second-order valence-corrected chi connectivity index (χ2v) is 7.78. The molecule has 32 heavy (non-hydrogen) atoms. The predicted octanol–water partition coefficient (Wildman–Crippen LogP) is 4.54. The van der Waals surface area contributed by atoms with E-state index in [1.165, 1.54) is 0 Å². The summed E-state index contributed by atoms with van der Waals surface area (Å²) in [5.74, 6) is 0.783. The van der Waals surface area contributed by atoms with E-state index < -0.39 is 12.5 Å². The van der Waals surface area contributed by atoms with Crippen LogP contribution in [-0.4, -0.2) is 50.2 Å². The molecule has 0 amide bonds. The van der Waals surface area contributed by atoms with Crippen molar-refractivity contribution in [3.8, 4) is 17.0 Å². The Morgan fingerprint density at radius 1 is 1.16 bits per heavy atom. The molecule has 0 radical (unpaired) electrons. The minimum absolute atomic E-state index is 0.0380. The lowest BCUT2D eigenvalue weighted by Crippen LogP contribution is -2.33. The SMILES string of the molecule is COc1nc(N[C@H]2CC[C@@H](OC(F)(F)F)CC2)nc2[nH]cc(-c3ccn4nccc4c3)c12. The maximum Gasteiger partial charge on any atom is 0.522 e. The summed E-state index contributed by atoms with van der Waals surface area (Å²) >= 11 is 0. The van der Waals surface area contributed by atoms with Gasteiger partial charge in [-0.05, 0) is 49.4 Å². The highest BCUT2D eigenvalue weighted by atomic mass is 19.4. The second kappa shape index (κ2) is 7.97. The Balaban J connectivity index is 1.37. The third-order valence-corrected chi connectivity index (χ3v) is 5.71. The Kier molecular flexibility index (Phi) is 5.12. The summed E-state index contributed by atoms with van der Waals surface area (Å²) in [6, 6.07) is 5.85. The molecular formula is C21H21F3N6O2. The third kappa shape index (κ3) is 4.07. The normalized spacial score (nSPS) is 19.5. The fraction of sp³-hybridized carbons (Fsp3) is 0.381. The van der Waals surface area contributed by atoms with Gasteiger partial charge in [0.1, 0.15) is 5.65 Å². The summed E-state index contributed by atoms with van der Waals surface area (Å²) in [6.45, 7) is 0. The number of anilines is 1. The molecule has 1 fully saturated rings. The van der Waals surface area contributed by atoms with E-state index in [4.69, 9.17) is 4.74 Å². The average molecular weight is 446 g/mol. The first-order valence-corrected chi connectivity index (χ1v) is 10.3. The molecule has 5 rings (SSSR count). The number of nitrogens with zero attached hydrogens (tertiary/aromatic N) is 4. The van der Waals surface area contributed by atoms with E-state index in [0.717, 1.165) is 22.0 Å². The van der Waals surface area contributed by atoms with Crippen LogP contribution in [-0.2, 0) is 4.74 Å². The molecule has 8 nitrogen and oxygen atoms in total. The summed E-state index contributed by atoms with van der Waals surface area (Å²) in [6.07, 6.45) is 1.78. The molecule has 1 saturated carbocycles. The Morgan fingerprint density at radius 2 is 1.97 bits per heavy atom. The number of fused-ring (bicyclic) bond motifs is 2. The van der Waals surface area contributed by atoms with Gasteiger partial charge in [-0.15, -0.1) is 13.2 Å². The highest BCUT2D eigenvalue weighted by Gasteiger charge is 2.35. The molecule has 4 aromatic rings. The monoisotopic (exact) mass is 446 g/mol. The maximum atomic E-state index is 12.4. The van der Waals surface area contributed by atoms with E-state index in [9.17, 15) is 13.2 Å². The Hall–Kier alpha value is -3.34. The quantitative estimate of drug-likeness (QED) is 0.468. The average Bonchev–Trinajstić information content (AvgIpc) is 3.40. The number of alkyl halides is 3. The first-order chi connectivity index (χ1) is 15.4. The number of hydrogen-bond acceptors (Lipinski definition) is 6. The lowest BCUT2D eigenvalue weighted by Gasteiger charge is -2.29. The summed E-state index contributed by atoms with van der Waals surface area (Å²) in [5.41, 5.74) is 3.43. The van der Waals surface area contributed by atoms with Gasteiger partial charge in [0.05, 0.1) is 24.1 Å². The van der Waals surface area contributed by atoms with E-state index in [0.29, 0.717) is 43.2 Å². The largest absolute Gasteiger partial charge is 0.522 e. The summed E-state index contributed by atoms with van der Waals surface area (Å²) in [5, 5.41) is 8.20. The second-order valence-electron chi connectivity index (χ2n) is 7.78. The Bertz CT molecular complexity index is 1240. The molecule has 0 spiro atoms. The fourth-order valence-corrected chi connectivity index (χ4v) is 4.23. The standard InChI is InChI=1S/C21H21F3N6O2/c1-31-19-17-16(12-7-9-30-14(10-12)6-8-26-30)11-25-18(17)28-20(29-19)27-13-2-4-15(5-3-13)32-21(22,23)24/h6-11,13,15H,2-5H2,1H3,(H2,25,27,28,29)/t13-,15+. The van der Waals surface area contributed by atoms with Crippen LogP contribution >= 0.6 is 0 Å². The Morgan fingerprint density at radius 3 is 2.72 bits per heavy atom. The summed E-state index contributed by atoms with van der Waals surface area (Å²) < 4.78 is 48.7. The number of halogens is 3. The van der Waals surface area contributed by atoms with Crippen LogP contribution in [0, 0.1) is 0 Å². The van der Waals surface area contributed by atoms with Gasteiger partial charge < -0.3 is 15.0 Å². The summed E-state index contributed by atoms with van der Waals surface area (Å²) in [7, 11) is 1.54. The third-order valence-electron chi connectivity index (χ3n) is 5.71. The van der Waals surface area contributed by atoms with Crippen LogP contribution in [0.15, 0.2) is 36.8 Å². The van der Waals surface area contributed by atoms with Crippen LogP contribution < -0.4 is 10.1 Å². The number of hydrogen-bond donors (Lipinski definition) is 2. The van der Waals surface area contributed by atoms with Crippen LogP contribution in [0.25, 0.3) is 27.7 Å². The van der Waals surface area contributed by atoms with E-state index in [2.05, 4.69) is 30.1 Å². The minimum Gasteiger partial charge on any atom is -0.480 e. The molecule has 0 saturated heterocycles. The lowest BCUT2D eigenvalue weighted by molar-refractivity contribution is -0.345. The van der Waals surface area contributed by atoms with E-state index in [1.807, 2.05) is 30.6 Å². The summed E-state index contributed by atoms with van der Waals surface area (Å²) in [4.78, 5) is 12.3. The van der Waals surface area contributed by atoms with Crippen LogP contribution in [0.5, 0.6) is 5.88 Å². The molecule has 0 aliphatic heterocycles. The van der Waals surface area contributed by atoms with Gasteiger partial charge in [-0.25, -0.2) is 4.52 Å². The minimum atomic E-state index is -4.60. The van der Waals surface area contributed by atoms with Gasteiger partial charge in [-0.1, -0.05) is 0 Å². The highest BCUT2D eigenvalue weighted by molar-refractivity contribution is 5.98. The number of nitrogens with one attached hydrogen (secondary N) is 2. The first-order valence-electron chi connectivity index (χ1n) is 10.3. The smallest absolute Gasteiger partial charge is 0.480 e. The molecule has 0 aromatic carbocycles. The number of aromatic nitrogens is 5. The first kappa shape index (κ1) is 20.6. The van der Waals surface area contributed by atoms with Gasteiger partial charge in [0, 0.05) is 30.2 Å². The zero-order valence-electron chi connectivity index (χ0n) is 17.2. The highest BCUT2D eigenvalue weighted by Crippen LogP contribution is 2.35. The van der Waals surface area contributed by atoms with Crippen molar-refractivity contribution in [1.29, 1.82) is 0 Å². The topological polar surface area (TPSA) is 89.4 Å². The van der Waals surface area contributed by atoms with E-state index in [-0.39, 0.29) is 6.04 Å². The van der Waals surface area contributed by atoms with Crippen molar-refractivity contribution in [1.82, 2.24) is 24.6 Å². The number of pyridine rings is 1. The van der Waals surface area contributed by atoms with Crippen molar-refractivity contribution in [2.75, 3.05) is 12.4 Å². The molecule has 1 aliphatic rings. The zero-order valence-corrected chi connectivity index (χ0v) is 17.2. The maximum absolute atomic E-state index is 12.4. The number of rotatable bonds is 5. The zero-order chi connectivity index (χ0) is 22.3. The number of H-pyrrole nitrogens is 1. The molecular weight excluding hydrogens is 425 g/mol. The van der Waals surface area contributed by atoms with Crippen LogP contribution in [0.2, 0.25) is 0 Å². The number of methoxy groups -OCH3 is 1. The lowest BCUT2D eigenvalue weighted by atomic mass is 9.93. The van der Waals surface area contributed by atoms with Crippen molar-refractivity contribution in [3.05, 3.63) is 36.8 Å². The van der Waals surface area contributed by atoms with Gasteiger partial charge >= 0.3 is 6.36 Å². The van der Waals surface area contributed by atoms with E-state index >= 15 is 0 Å². The number of aromatic amines is 1. The van der Waals surface area contributed by atoms with Gasteiger partial charge in [-0.2, -0.15) is 15.1 Å². The van der Waals surface area contributed by atoms with Gasteiger partial charge in [0.2, 0.25) is 11.8 Å². The van der Waals surface area contributed by atoms with Crippen molar-refractivity contribution >= 4 is 22.5 Å². The molecule has 1 aliphatic carbocycles. The van der Waals surface area contributed by atoms with Gasteiger partial charge in [-0.3, -0.25) is 4.74 Å². The van der Waals surface area contributed by atoms with Crippen molar-refractivity contribution in [2.24, 2.45) is 0 Å². The van der Waals surface area contributed by atoms with Crippen molar-refractivity contribution in [3.63, 3.8) is 0 Å². The molecule has 4 aromatic heterocycles. The van der Waals surface area contributed by atoms with Crippen LogP contribution in [0.1, 0.15) is 25.7 Å². The molecule has 0 bridgehead atoms. The van der Waals surface area contributed by atoms with Crippen molar-refractivity contribution < 1.29 is 22.6 Å².